The molecule has 0 amide bonds. The van der Waals surface area contributed by atoms with E-state index in [0.717, 1.165) is 0 Å². The van der Waals surface area contributed by atoms with E-state index in [0.29, 0.717) is 0 Å². The van der Waals surface area contributed by atoms with E-state index in [1.165, 1.54) is 0 Å². The summed E-state index contributed by atoms with van der Waals surface area (Å²) < 4.78 is 31.6. The van der Waals surface area contributed by atoms with Crippen molar-refractivity contribution >= 4 is 10.4 Å². The van der Waals surface area contributed by atoms with Crippen LogP contribution in [0.2, 0.25) is 0 Å². The van der Waals surface area contributed by atoms with Crippen LogP contribution in [0.15, 0.2) is 0 Å². The van der Waals surface area contributed by atoms with Gasteiger partial charge in [0.2, 0.25) is 0 Å². The fourth-order valence-corrected chi connectivity index (χ4v) is 0. The van der Waals surface area contributed by atoms with E-state index in [4.69, 9.17) is 17.5 Å². The van der Waals surface area contributed by atoms with Crippen LogP contribution in [0.5, 0.6) is 0 Å². The Morgan fingerprint density at radius 3 is 1.29 bits per heavy atom. The average molecular weight is 171 g/mol. The Bertz CT molecular complexity index is 99.2. The van der Waals surface area contributed by atoms with Crippen LogP contribution < -0.4 is 18.9 Å². The van der Waals surface area contributed by atoms with Crippen LogP contribution in [-0.4, -0.2) is 17.5 Å². The van der Waals surface area contributed by atoms with Gasteiger partial charge in [-0.2, -0.15) is 8.42 Å². The molecule has 0 rings (SSSR count). The molecular weight excluding hydrogens is 168 g/mol. The molecule has 0 aromatic heterocycles. The van der Waals surface area contributed by atoms with E-state index in [1.54, 1.807) is 0 Å². The predicted molar refractivity (Wildman–Crippen MR) is 15.3 cm³/mol. The molecule has 0 aliphatic carbocycles. The summed E-state index contributed by atoms with van der Waals surface area (Å²) in [7, 11) is -4.67. The van der Waals surface area contributed by atoms with Crippen molar-refractivity contribution in [2.45, 2.75) is 0 Å². The fourth-order valence-electron chi connectivity index (χ4n) is 0. The van der Waals surface area contributed by atoms with Crippen molar-refractivity contribution in [2.24, 2.45) is 0 Å². The zero-order chi connectivity index (χ0) is 4.50. The maximum atomic E-state index is 8.74. The normalized spacial score (nSPS) is 8.29. The molecule has 0 bridgehead atoms. The van der Waals surface area contributed by atoms with E-state index in [1.807, 2.05) is 0 Å². The molecule has 7 heavy (non-hydrogen) atoms. The minimum atomic E-state index is -4.67. The van der Waals surface area contributed by atoms with Crippen molar-refractivity contribution in [3.05, 3.63) is 0 Å². The standard InChI is InChI=1S/Li.H2O4S.Zn.H/c;1-5(2,3)4;;/h;(H2,1,2,3,4);;/q+1;;;-1. The van der Waals surface area contributed by atoms with Crippen LogP contribution in [0.4, 0.5) is 0 Å². The Morgan fingerprint density at radius 2 is 1.29 bits per heavy atom. The first-order chi connectivity index (χ1) is 2.00. The van der Waals surface area contributed by atoms with Crippen molar-refractivity contribution in [2.75, 3.05) is 0 Å². The van der Waals surface area contributed by atoms with E-state index < -0.39 is 10.4 Å². The number of hydrogen-bond acceptors (Lipinski definition) is 2. The zero-order valence-electron chi connectivity index (χ0n) is 4.83. The number of hydrogen-bond donors (Lipinski definition) is 2. The molecule has 0 unspecified atom stereocenters. The first-order valence-corrected chi connectivity index (χ1v) is 2.10. The molecule has 0 aromatic rings. The van der Waals surface area contributed by atoms with Gasteiger partial charge in [0.25, 0.3) is 0 Å². The molecule has 0 radical (unpaired) electrons. The van der Waals surface area contributed by atoms with Gasteiger partial charge in [-0.3, -0.25) is 9.11 Å². The summed E-state index contributed by atoms with van der Waals surface area (Å²) in [4.78, 5) is 0. The van der Waals surface area contributed by atoms with Gasteiger partial charge < -0.3 is 1.43 Å². The van der Waals surface area contributed by atoms with Gasteiger partial charge in [-0.25, -0.2) is 0 Å². The molecule has 36 valence electrons. The Balaban J connectivity index is -0.0000000267. The van der Waals surface area contributed by atoms with Gasteiger partial charge in [0.05, 0.1) is 0 Å². The van der Waals surface area contributed by atoms with E-state index in [9.17, 15) is 0 Å². The molecule has 7 heteroatoms. The SMILES string of the molecule is O=S(=O)(O)O.[H-].[Li+].[Zn]. The third-order valence-electron chi connectivity index (χ3n) is 0. The maximum absolute atomic E-state index is 8.74. The number of rotatable bonds is 0. The van der Waals surface area contributed by atoms with Crippen LogP contribution in [0.3, 0.4) is 0 Å². The van der Waals surface area contributed by atoms with Gasteiger partial charge in [0, 0.05) is 19.5 Å². The largest absolute Gasteiger partial charge is 1.00 e. The van der Waals surface area contributed by atoms with Gasteiger partial charge in [-0.05, 0) is 0 Å². The van der Waals surface area contributed by atoms with Crippen LogP contribution in [0.1, 0.15) is 1.43 Å². The van der Waals surface area contributed by atoms with Crippen molar-refractivity contribution in [1.29, 1.82) is 0 Å². The summed E-state index contributed by atoms with van der Waals surface area (Å²) in [6.07, 6.45) is 0. The van der Waals surface area contributed by atoms with Crippen LogP contribution >= 0.6 is 0 Å². The van der Waals surface area contributed by atoms with Crippen LogP contribution in [-0.2, 0) is 29.9 Å². The van der Waals surface area contributed by atoms with E-state index in [2.05, 4.69) is 0 Å². The Morgan fingerprint density at radius 1 is 1.29 bits per heavy atom. The van der Waals surface area contributed by atoms with E-state index >= 15 is 0 Å². The van der Waals surface area contributed by atoms with Crippen molar-refractivity contribution in [3.8, 4) is 0 Å². The molecule has 0 heterocycles. The van der Waals surface area contributed by atoms with Crippen LogP contribution in [0, 0.1) is 0 Å². The van der Waals surface area contributed by atoms with Gasteiger partial charge >= 0.3 is 29.3 Å². The van der Waals surface area contributed by atoms with Crippen molar-refractivity contribution in [3.63, 3.8) is 0 Å². The van der Waals surface area contributed by atoms with Gasteiger partial charge in [-0.1, -0.05) is 0 Å². The predicted octanol–water partition coefficient (Wildman–Crippen LogP) is -3.54. The minimum absolute atomic E-state index is 0. The van der Waals surface area contributed by atoms with Crippen LogP contribution in [0.25, 0.3) is 0 Å². The molecule has 0 aliphatic heterocycles. The summed E-state index contributed by atoms with van der Waals surface area (Å²) >= 11 is 0. The molecule has 0 aliphatic rings. The smallest absolute Gasteiger partial charge is 1.00 e. The summed E-state index contributed by atoms with van der Waals surface area (Å²) in [5, 5.41) is 0. The minimum Gasteiger partial charge on any atom is -1.00 e. The summed E-state index contributed by atoms with van der Waals surface area (Å²) in [5.74, 6) is 0. The molecule has 0 saturated carbocycles. The van der Waals surface area contributed by atoms with Gasteiger partial charge in [0.1, 0.15) is 0 Å². The monoisotopic (exact) mass is 170 g/mol. The summed E-state index contributed by atoms with van der Waals surface area (Å²) in [5.41, 5.74) is 0. The Labute approximate surface area is 67.7 Å². The molecule has 0 fully saturated rings. The molecule has 0 saturated heterocycles. The summed E-state index contributed by atoms with van der Waals surface area (Å²) in [6, 6.07) is 0. The second kappa shape index (κ2) is 5.23. The third-order valence-corrected chi connectivity index (χ3v) is 0. The Hall–Kier alpha value is 1.09. The third kappa shape index (κ3) is 154. The second-order valence-corrected chi connectivity index (χ2v) is 1.34. The second-order valence-electron chi connectivity index (χ2n) is 0.448. The topological polar surface area (TPSA) is 74.6 Å². The van der Waals surface area contributed by atoms with Gasteiger partial charge in [0.15, 0.2) is 0 Å². The van der Waals surface area contributed by atoms with Gasteiger partial charge in [-0.15, -0.1) is 0 Å². The quantitative estimate of drug-likeness (QED) is 0.292. The molecule has 4 nitrogen and oxygen atoms in total. The van der Waals surface area contributed by atoms with Crippen molar-refractivity contribution in [1.82, 2.24) is 0 Å². The molecule has 0 atom stereocenters. The molecule has 0 spiro atoms. The first kappa shape index (κ1) is 15.7. The molecule has 0 aromatic carbocycles. The first-order valence-electron chi connectivity index (χ1n) is 0.698. The fraction of sp³-hybridized carbons (Fsp3) is 0. The molecule has 2 N–H and O–H groups in total. The van der Waals surface area contributed by atoms with Crippen molar-refractivity contribution < 1.29 is 57.3 Å². The summed E-state index contributed by atoms with van der Waals surface area (Å²) in [6.45, 7) is 0. The van der Waals surface area contributed by atoms with E-state index in [-0.39, 0.29) is 39.8 Å². The molecular formula is H3LiO4SZn. The Kier molecular flexibility index (Phi) is 11.7. The average Bonchev–Trinajstić information content (AvgIpc) is 0.722. The maximum Gasteiger partial charge on any atom is 1.00 e. The zero-order valence-corrected chi connectivity index (χ0v) is 7.61.